The quantitative estimate of drug-likeness (QED) is 0.456. The van der Waals surface area contributed by atoms with Gasteiger partial charge in [-0.2, -0.15) is 0 Å². The number of esters is 1. The molecule has 5 nitrogen and oxygen atoms in total. The first-order valence-corrected chi connectivity index (χ1v) is 9.64. The van der Waals surface area contributed by atoms with Crippen LogP contribution in [0.4, 0.5) is 5.69 Å². The van der Waals surface area contributed by atoms with Crippen LogP contribution < -0.4 is 10.1 Å². The molecule has 0 aliphatic carbocycles. The van der Waals surface area contributed by atoms with Crippen LogP contribution in [0, 0.1) is 0 Å². The van der Waals surface area contributed by atoms with Crippen LogP contribution in [-0.4, -0.2) is 19.0 Å². The Morgan fingerprint density at radius 2 is 1.77 bits per heavy atom. The van der Waals surface area contributed by atoms with Crippen molar-refractivity contribution in [3.05, 3.63) is 94.0 Å². The first kappa shape index (κ1) is 19.7. The lowest BCUT2D eigenvalue weighted by Gasteiger charge is -2.07. The molecule has 30 heavy (non-hydrogen) atoms. The summed E-state index contributed by atoms with van der Waals surface area (Å²) >= 11 is 5.99. The monoisotopic (exact) mass is 419 g/mol. The second kappa shape index (κ2) is 8.43. The molecule has 0 aromatic heterocycles. The number of hydrogen-bond acceptors (Lipinski definition) is 4. The summed E-state index contributed by atoms with van der Waals surface area (Å²) in [7, 11) is 1.35. The maximum Gasteiger partial charge on any atom is 0.337 e. The maximum atomic E-state index is 12.3. The van der Waals surface area contributed by atoms with Gasteiger partial charge >= 0.3 is 5.97 Å². The molecule has 4 rings (SSSR count). The van der Waals surface area contributed by atoms with Crippen molar-refractivity contribution in [1.82, 2.24) is 0 Å². The Morgan fingerprint density at radius 3 is 2.47 bits per heavy atom. The number of methoxy groups -OCH3 is 1. The molecule has 0 spiro atoms. The van der Waals surface area contributed by atoms with Gasteiger partial charge in [-0.1, -0.05) is 41.9 Å². The van der Waals surface area contributed by atoms with E-state index in [2.05, 4.69) is 10.1 Å². The number of carbonyl (C=O) groups is 2. The van der Waals surface area contributed by atoms with Gasteiger partial charge in [-0.15, -0.1) is 0 Å². The van der Waals surface area contributed by atoms with Crippen LogP contribution in [0.25, 0.3) is 11.6 Å². The number of fused-ring (bicyclic) bond motifs is 1. The van der Waals surface area contributed by atoms with Gasteiger partial charge < -0.3 is 14.8 Å². The number of ether oxygens (including phenoxy) is 2. The third-order valence-electron chi connectivity index (χ3n) is 4.74. The van der Waals surface area contributed by atoms with Gasteiger partial charge in [-0.05, 0) is 53.6 Å². The van der Waals surface area contributed by atoms with Crippen molar-refractivity contribution in [1.29, 1.82) is 0 Å². The van der Waals surface area contributed by atoms with Crippen molar-refractivity contribution in [2.45, 2.75) is 6.61 Å². The second-order valence-corrected chi connectivity index (χ2v) is 7.18. The molecule has 6 heteroatoms. The third-order valence-corrected chi connectivity index (χ3v) is 4.97. The van der Waals surface area contributed by atoms with Gasteiger partial charge in [0.15, 0.2) is 0 Å². The Kier molecular flexibility index (Phi) is 5.55. The van der Waals surface area contributed by atoms with Gasteiger partial charge in [0, 0.05) is 16.2 Å². The Balaban J connectivity index is 1.43. The van der Waals surface area contributed by atoms with Crippen molar-refractivity contribution in [2.24, 2.45) is 0 Å². The zero-order chi connectivity index (χ0) is 21.1. The van der Waals surface area contributed by atoms with Crippen molar-refractivity contribution >= 4 is 40.8 Å². The standard InChI is InChI=1S/C24H18ClNO4/c1-29-24(28)17-6-2-16(3-7-17)14-30-19-9-4-15(5-10-19)12-21-20-11-8-18(25)13-22(20)26-23(21)27/h2-13H,14H2,1H3,(H,26,27). The van der Waals surface area contributed by atoms with Gasteiger partial charge in [0.05, 0.1) is 18.4 Å². The molecule has 1 N–H and O–H groups in total. The lowest BCUT2D eigenvalue weighted by Crippen LogP contribution is -2.03. The van der Waals surface area contributed by atoms with E-state index in [1.165, 1.54) is 7.11 Å². The minimum Gasteiger partial charge on any atom is -0.489 e. The Hall–Kier alpha value is -3.57. The average molecular weight is 420 g/mol. The normalized spacial score (nSPS) is 13.7. The van der Waals surface area contributed by atoms with Crippen LogP contribution in [-0.2, 0) is 16.1 Å². The van der Waals surface area contributed by atoms with E-state index in [1.807, 2.05) is 48.5 Å². The lowest BCUT2D eigenvalue weighted by atomic mass is 10.0. The molecule has 1 amide bonds. The zero-order valence-corrected chi connectivity index (χ0v) is 16.9. The highest BCUT2D eigenvalue weighted by molar-refractivity contribution is 6.36. The fraction of sp³-hybridized carbons (Fsp3) is 0.0833. The van der Waals surface area contributed by atoms with E-state index >= 15 is 0 Å². The number of nitrogens with one attached hydrogen (secondary N) is 1. The molecule has 0 fully saturated rings. The van der Waals surface area contributed by atoms with Crippen molar-refractivity contribution in [3.8, 4) is 5.75 Å². The number of anilines is 1. The summed E-state index contributed by atoms with van der Waals surface area (Å²) < 4.78 is 10.5. The molecule has 150 valence electrons. The summed E-state index contributed by atoms with van der Waals surface area (Å²) in [5, 5.41) is 3.41. The average Bonchev–Trinajstić information content (AvgIpc) is 3.07. The molecule has 0 bridgehead atoms. The number of benzene rings is 3. The predicted octanol–water partition coefficient (Wildman–Crippen LogP) is 5.20. The predicted molar refractivity (Wildman–Crippen MR) is 117 cm³/mol. The van der Waals surface area contributed by atoms with Gasteiger partial charge in [0.2, 0.25) is 0 Å². The molecule has 3 aromatic rings. The van der Waals surface area contributed by atoms with E-state index in [9.17, 15) is 9.59 Å². The minimum absolute atomic E-state index is 0.150. The van der Waals surface area contributed by atoms with Crippen LogP contribution in [0.5, 0.6) is 5.75 Å². The highest BCUT2D eigenvalue weighted by atomic mass is 35.5. The first-order chi connectivity index (χ1) is 14.5. The number of carbonyl (C=O) groups excluding carboxylic acids is 2. The summed E-state index contributed by atoms with van der Waals surface area (Å²) in [6, 6.07) is 19.9. The summed E-state index contributed by atoms with van der Waals surface area (Å²) in [4.78, 5) is 23.8. The Labute approximate surface area is 178 Å². The largest absolute Gasteiger partial charge is 0.489 e. The van der Waals surface area contributed by atoms with Gasteiger partial charge in [-0.3, -0.25) is 4.79 Å². The fourth-order valence-corrected chi connectivity index (χ4v) is 3.33. The fourth-order valence-electron chi connectivity index (χ4n) is 3.16. The molecule has 1 aliphatic rings. The van der Waals surface area contributed by atoms with E-state index in [0.717, 1.165) is 22.4 Å². The highest BCUT2D eigenvalue weighted by Gasteiger charge is 2.24. The maximum absolute atomic E-state index is 12.3. The number of rotatable bonds is 5. The molecule has 0 saturated heterocycles. The molecule has 1 aliphatic heterocycles. The Bertz CT molecular complexity index is 1130. The molecular weight excluding hydrogens is 402 g/mol. The lowest BCUT2D eigenvalue weighted by molar-refractivity contribution is -0.110. The first-order valence-electron chi connectivity index (χ1n) is 9.26. The smallest absolute Gasteiger partial charge is 0.337 e. The molecule has 0 unspecified atom stereocenters. The van der Waals surface area contributed by atoms with E-state index in [-0.39, 0.29) is 11.9 Å². The number of hydrogen-bond donors (Lipinski definition) is 1. The second-order valence-electron chi connectivity index (χ2n) is 6.75. The molecule has 3 aromatic carbocycles. The molecule has 0 atom stereocenters. The Morgan fingerprint density at radius 1 is 1.03 bits per heavy atom. The van der Waals surface area contributed by atoms with Crippen LogP contribution in [0.2, 0.25) is 5.02 Å². The molecule has 1 heterocycles. The third kappa shape index (κ3) is 4.21. The SMILES string of the molecule is COC(=O)c1ccc(COc2ccc(C=C3C(=O)Nc4cc(Cl)ccc43)cc2)cc1. The molecule has 0 saturated carbocycles. The van der Waals surface area contributed by atoms with E-state index in [4.69, 9.17) is 16.3 Å². The summed E-state index contributed by atoms with van der Waals surface area (Å²) in [6.07, 6.45) is 1.84. The van der Waals surface area contributed by atoms with Crippen molar-refractivity contribution < 1.29 is 19.1 Å². The summed E-state index contributed by atoms with van der Waals surface area (Å²) in [6.45, 7) is 0.373. The van der Waals surface area contributed by atoms with Crippen molar-refractivity contribution in [2.75, 3.05) is 12.4 Å². The van der Waals surface area contributed by atoms with E-state index in [0.29, 0.717) is 28.5 Å². The highest BCUT2D eigenvalue weighted by Crippen LogP contribution is 2.35. The summed E-state index contributed by atoms with van der Waals surface area (Å²) in [5.41, 5.74) is 4.47. The molecule has 0 radical (unpaired) electrons. The van der Waals surface area contributed by atoms with Crippen LogP contribution >= 0.6 is 11.6 Å². The van der Waals surface area contributed by atoms with Crippen LogP contribution in [0.3, 0.4) is 0 Å². The van der Waals surface area contributed by atoms with E-state index in [1.54, 1.807) is 24.3 Å². The summed E-state index contributed by atoms with van der Waals surface area (Å²) in [5.74, 6) is 0.189. The minimum atomic E-state index is -0.367. The van der Waals surface area contributed by atoms with Gasteiger partial charge in [-0.25, -0.2) is 4.79 Å². The van der Waals surface area contributed by atoms with Crippen molar-refractivity contribution in [3.63, 3.8) is 0 Å². The van der Waals surface area contributed by atoms with Crippen LogP contribution in [0.15, 0.2) is 66.7 Å². The van der Waals surface area contributed by atoms with Gasteiger partial charge in [0.25, 0.3) is 5.91 Å². The zero-order valence-electron chi connectivity index (χ0n) is 16.1. The van der Waals surface area contributed by atoms with Crippen LogP contribution in [0.1, 0.15) is 27.0 Å². The topological polar surface area (TPSA) is 64.6 Å². The number of amides is 1. The van der Waals surface area contributed by atoms with Gasteiger partial charge in [0.1, 0.15) is 12.4 Å². The van der Waals surface area contributed by atoms with E-state index < -0.39 is 0 Å². The molecular formula is C24H18ClNO4. The number of halogens is 1.